The Balaban J connectivity index is 1.01. The molecule has 13 nitrogen and oxygen atoms in total. The van der Waals surface area contributed by atoms with Crippen LogP contribution in [0.2, 0.25) is 0 Å². The average Bonchev–Trinajstić information content (AvgIpc) is 3.53. The van der Waals surface area contributed by atoms with Gasteiger partial charge >= 0.3 is 39.2 Å². The predicted molar refractivity (Wildman–Crippen MR) is 139 cm³/mol. The third kappa shape index (κ3) is 5.60. The number of rotatable bonds is 12. The molecule has 16 heteroatoms. The second-order valence-electron chi connectivity index (χ2n) is 13.4. The van der Waals surface area contributed by atoms with E-state index < -0.39 is 101 Å². The van der Waals surface area contributed by atoms with Crippen molar-refractivity contribution in [3.05, 3.63) is 0 Å². The van der Waals surface area contributed by atoms with E-state index in [-0.39, 0.29) is 5.41 Å². The van der Waals surface area contributed by atoms with E-state index in [0.717, 1.165) is 37.0 Å². The molecule has 7 aliphatic rings. The topological polar surface area (TPSA) is 178 Å². The van der Waals surface area contributed by atoms with Crippen LogP contribution in [0.1, 0.15) is 65.2 Å². The van der Waals surface area contributed by atoms with Crippen LogP contribution in [0.25, 0.3) is 0 Å². The zero-order valence-electron chi connectivity index (χ0n) is 24.2. The van der Waals surface area contributed by atoms with E-state index in [2.05, 4.69) is 4.74 Å². The van der Waals surface area contributed by atoms with Crippen LogP contribution in [0.3, 0.4) is 0 Å². The Bertz CT molecular complexity index is 1280. The third-order valence-corrected chi connectivity index (χ3v) is 11.2. The summed E-state index contributed by atoms with van der Waals surface area (Å²) < 4.78 is 90.0. The fourth-order valence-electron chi connectivity index (χ4n) is 8.73. The number of carbonyl (C=O) groups excluding carboxylic acids is 4. The third-order valence-electron chi connectivity index (χ3n) is 10.2. The lowest BCUT2D eigenvalue weighted by molar-refractivity contribution is -0.199. The summed E-state index contributed by atoms with van der Waals surface area (Å²) in [5.41, 5.74) is 0.106. The zero-order chi connectivity index (χ0) is 31.8. The van der Waals surface area contributed by atoms with Gasteiger partial charge in [-0.25, -0.2) is 0 Å². The van der Waals surface area contributed by atoms with E-state index in [0.29, 0.717) is 13.5 Å². The van der Waals surface area contributed by atoms with Gasteiger partial charge in [-0.15, -0.1) is 0 Å². The number of ether oxygens (including phenoxy) is 6. The highest BCUT2D eigenvalue weighted by molar-refractivity contribution is 7.86. The summed E-state index contributed by atoms with van der Waals surface area (Å²) in [7, 11) is -5.84. The largest absolute Gasteiger partial charge is 0.455 e. The molecule has 8 atom stereocenters. The van der Waals surface area contributed by atoms with Gasteiger partial charge in [0.15, 0.2) is 24.6 Å². The van der Waals surface area contributed by atoms with E-state index in [4.69, 9.17) is 28.2 Å². The van der Waals surface area contributed by atoms with Gasteiger partial charge in [-0.2, -0.15) is 17.2 Å². The van der Waals surface area contributed by atoms with Crippen molar-refractivity contribution in [2.24, 2.45) is 35.0 Å². The second-order valence-corrected chi connectivity index (χ2v) is 14.9. The van der Waals surface area contributed by atoms with Gasteiger partial charge in [0.25, 0.3) is 0 Å². The normalized spacial score (nSPS) is 39.6. The minimum atomic E-state index is -5.84. The molecule has 1 N–H and O–H groups in total. The molecule has 0 radical (unpaired) electrons. The molecule has 4 aliphatic carbocycles. The second kappa shape index (κ2) is 11.1. The number of esters is 4. The Labute approximate surface area is 252 Å². The molecule has 8 unspecified atom stereocenters. The molecular weight excluding hydrogens is 614 g/mol. The first-order valence-corrected chi connectivity index (χ1v) is 16.4. The molecule has 7 fully saturated rings. The number of halogens is 2. The quantitative estimate of drug-likeness (QED) is 0.141. The van der Waals surface area contributed by atoms with Crippen LogP contribution < -0.4 is 0 Å². The molecule has 0 aromatic rings. The summed E-state index contributed by atoms with van der Waals surface area (Å²) in [5, 5.41) is -4.76. The van der Waals surface area contributed by atoms with Gasteiger partial charge in [0.1, 0.15) is 24.0 Å². The van der Waals surface area contributed by atoms with Crippen LogP contribution in [0.15, 0.2) is 0 Å². The number of hydrogen-bond acceptors (Lipinski definition) is 12. The molecular formula is C28H36F2O13S. The van der Waals surface area contributed by atoms with Crippen LogP contribution in [-0.2, 0) is 57.7 Å². The van der Waals surface area contributed by atoms with Crippen molar-refractivity contribution in [3.8, 4) is 0 Å². The van der Waals surface area contributed by atoms with Crippen molar-refractivity contribution < 1.29 is 69.4 Å². The van der Waals surface area contributed by atoms with Gasteiger partial charge in [0.05, 0.1) is 19.4 Å². The molecule has 6 bridgehead atoms. The summed E-state index contributed by atoms with van der Waals surface area (Å²) in [5.74, 6) is -3.66. The van der Waals surface area contributed by atoms with Crippen molar-refractivity contribution in [1.82, 2.24) is 0 Å². The van der Waals surface area contributed by atoms with Gasteiger partial charge in [-0.05, 0) is 75.5 Å². The molecule has 0 spiro atoms. The van der Waals surface area contributed by atoms with Crippen LogP contribution in [0.5, 0.6) is 0 Å². The van der Waals surface area contributed by atoms with Gasteiger partial charge < -0.3 is 28.4 Å². The predicted octanol–water partition coefficient (Wildman–Crippen LogP) is 2.15. The molecule has 0 aromatic carbocycles. The zero-order valence-corrected chi connectivity index (χ0v) is 25.0. The maximum Gasteiger partial charge on any atom is 0.405 e. The lowest BCUT2D eigenvalue weighted by Crippen LogP contribution is -2.49. The molecule has 3 aliphatic heterocycles. The number of fused-ring (bicyclic) bond motifs is 1. The molecule has 3 saturated heterocycles. The smallest absolute Gasteiger partial charge is 0.405 e. The van der Waals surface area contributed by atoms with Crippen LogP contribution in [0.4, 0.5) is 8.78 Å². The Morgan fingerprint density at radius 2 is 1.57 bits per heavy atom. The Kier molecular flexibility index (Phi) is 7.98. The van der Waals surface area contributed by atoms with E-state index in [9.17, 15) is 36.4 Å². The average molecular weight is 651 g/mol. The first-order chi connectivity index (χ1) is 20.6. The highest BCUT2D eigenvalue weighted by atomic mass is 32.2. The lowest BCUT2D eigenvalue weighted by atomic mass is 9.50. The highest BCUT2D eigenvalue weighted by Crippen LogP contribution is 2.60. The van der Waals surface area contributed by atoms with Crippen molar-refractivity contribution in [1.29, 1.82) is 0 Å². The number of alkyl halides is 2. The summed E-state index contributed by atoms with van der Waals surface area (Å²) >= 11 is 0. The lowest BCUT2D eigenvalue weighted by Gasteiger charge is -2.56. The Morgan fingerprint density at radius 1 is 0.977 bits per heavy atom. The summed E-state index contributed by atoms with van der Waals surface area (Å²) in [6, 6.07) is 0. The first-order valence-electron chi connectivity index (χ1n) is 15.0. The number of hydrogen-bond donors (Lipinski definition) is 1. The van der Waals surface area contributed by atoms with Crippen molar-refractivity contribution >= 4 is 34.0 Å². The van der Waals surface area contributed by atoms with E-state index in [1.165, 1.54) is 19.3 Å². The van der Waals surface area contributed by atoms with Gasteiger partial charge in [0.2, 0.25) is 0 Å². The summed E-state index contributed by atoms with van der Waals surface area (Å²) in [6.45, 7) is 2.67. The maximum atomic E-state index is 13.6. The molecule has 0 aromatic heterocycles. The SMILES string of the molecule is CC(OCC12CC3CC(CC(C3)C1)C2)OC(=O)C1C2OC3C(OC(=O)C31)C2OC(=O)CCC(=O)OC(C)C(F)(F)S(=O)(=O)O. The summed E-state index contributed by atoms with van der Waals surface area (Å²) in [4.78, 5) is 50.4. The van der Waals surface area contributed by atoms with Crippen molar-refractivity contribution in [2.75, 3.05) is 6.61 Å². The van der Waals surface area contributed by atoms with Crippen molar-refractivity contribution in [2.45, 2.75) is 107 Å². The monoisotopic (exact) mass is 650 g/mol. The maximum absolute atomic E-state index is 13.6. The van der Waals surface area contributed by atoms with Crippen LogP contribution >= 0.6 is 0 Å². The fraction of sp³-hybridized carbons (Fsp3) is 0.857. The highest BCUT2D eigenvalue weighted by Gasteiger charge is 2.72. The molecule has 7 rings (SSSR count). The van der Waals surface area contributed by atoms with Gasteiger partial charge in [-0.3, -0.25) is 23.7 Å². The van der Waals surface area contributed by atoms with Crippen molar-refractivity contribution in [3.63, 3.8) is 0 Å². The molecule has 0 amide bonds. The van der Waals surface area contributed by atoms with Gasteiger partial charge in [-0.1, -0.05) is 0 Å². The van der Waals surface area contributed by atoms with Gasteiger partial charge in [0, 0.05) is 0 Å². The molecule has 4 saturated carbocycles. The first kappa shape index (κ1) is 31.5. The Morgan fingerprint density at radius 3 is 2.16 bits per heavy atom. The van der Waals surface area contributed by atoms with E-state index in [1.807, 2.05) is 0 Å². The van der Waals surface area contributed by atoms with E-state index >= 15 is 0 Å². The number of carbonyl (C=O) groups is 4. The molecule has 246 valence electrons. The standard InChI is InChI=1S/C28H36F2O13S/c1-12(28(29,30)44(35,36)37)39-17(31)3-4-18(32)41-23-21-19(20-22(42-21)24(23)43-26(20)34)25(33)40-13(2)38-11-27-8-14-5-15(9-27)7-16(6-14)10-27/h12-16,19-24H,3-11H2,1-2H3,(H,35,36,37). The van der Waals surface area contributed by atoms with E-state index in [1.54, 1.807) is 6.92 Å². The molecule has 44 heavy (non-hydrogen) atoms. The summed E-state index contributed by atoms with van der Waals surface area (Å²) in [6.07, 6.45) is -1.67. The minimum Gasteiger partial charge on any atom is -0.455 e. The minimum absolute atomic E-state index is 0.106. The van der Waals surface area contributed by atoms with Crippen LogP contribution in [0, 0.1) is 35.0 Å². The fourth-order valence-corrected chi connectivity index (χ4v) is 9.19. The van der Waals surface area contributed by atoms with Crippen LogP contribution in [-0.4, -0.2) is 85.5 Å². The Hall–Kier alpha value is -2.43. The molecule has 3 heterocycles.